The Morgan fingerprint density at radius 2 is 1.38 bits per heavy atom. The summed E-state index contributed by atoms with van der Waals surface area (Å²) in [6.45, 7) is 2.03. The van der Waals surface area contributed by atoms with E-state index >= 15 is 0 Å². The van der Waals surface area contributed by atoms with Crippen LogP contribution in [0.15, 0.2) is 0 Å². The van der Waals surface area contributed by atoms with Crippen LogP contribution in [0, 0.1) is 0 Å². The van der Waals surface area contributed by atoms with Crippen molar-refractivity contribution in [2.45, 2.75) is 20.0 Å². The second-order valence-electron chi connectivity index (χ2n) is 1.64. The van der Waals surface area contributed by atoms with Crippen molar-refractivity contribution in [2.75, 3.05) is 0 Å². The lowest BCUT2D eigenvalue weighted by Crippen LogP contribution is -2.13. The summed E-state index contributed by atoms with van der Waals surface area (Å²) in [5.74, 6) is -2.02. The maximum Gasteiger partial charge on any atom is 0.332 e. The third-order valence-corrected chi connectivity index (χ3v) is 0.357. The molecular formula is C6H12O7. The monoisotopic (exact) mass is 196 g/mol. The molecule has 13 heavy (non-hydrogen) atoms. The first-order valence-electron chi connectivity index (χ1n) is 2.97. The summed E-state index contributed by atoms with van der Waals surface area (Å²) in [5, 5.41) is 30.1. The fraction of sp³-hybridized carbons (Fsp3) is 0.500. The third kappa shape index (κ3) is 129. The quantitative estimate of drug-likeness (QED) is 0.405. The largest absolute Gasteiger partial charge is 0.483 e. The van der Waals surface area contributed by atoms with E-state index < -0.39 is 18.0 Å². The van der Waals surface area contributed by atoms with Crippen LogP contribution in [0.3, 0.4) is 0 Å². The van der Waals surface area contributed by atoms with Gasteiger partial charge in [-0.1, -0.05) is 0 Å². The van der Waals surface area contributed by atoms with E-state index in [0.717, 1.165) is 6.92 Å². The van der Waals surface area contributed by atoms with Gasteiger partial charge in [-0.2, -0.15) is 0 Å². The topological polar surface area (TPSA) is 132 Å². The highest BCUT2D eigenvalue weighted by Crippen LogP contribution is 1.73. The molecule has 0 saturated carbocycles. The first-order valence-corrected chi connectivity index (χ1v) is 2.97. The molecule has 78 valence electrons. The summed E-state index contributed by atoms with van der Waals surface area (Å²) >= 11 is 0. The number of hydrogen-bond donors (Lipinski definition) is 4. The average Bonchev–Trinajstić information content (AvgIpc) is 1.87. The predicted molar refractivity (Wildman–Crippen MR) is 41.3 cm³/mol. The van der Waals surface area contributed by atoms with Crippen molar-refractivity contribution in [3.8, 4) is 0 Å². The Morgan fingerprint density at radius 1 is 1.31 bits per heavy atom. The second-order valence-corrected chi connectivity index (χ2v) is 1.64. The van der Waals surface area contributed by atoms with Gasteiger partial charge in [-0.3, -0.25) is 9.59 Å². The number of carboxylic acid groups (broad SMARTS) is 3. The van der Waals surface area contributed by atoms with Gasteiger partial charge >= 0.3 is 5.97 Å². The van der Waals surface area contributed by atoms with E-state index in [1.807, 2.05) is 0 Å². The van der Waals surface area contributed by atoms with Crippen molar-refractivity contribution < 1.29 is 34.8 Å². The number of carboxylic acids is 2. The molecule has 7 heteroatoms. The van der Waals surface area contributed by atoms with Crippen LogP contribution in [0.5, 0.6) is 0 Å². The third-order valence-electron chi connectivity index (χ3n) is 0.357. The van der Waals surface area contributed by atoms with Gasteiger partial charge in [0, 0.05) is 6.92 Å². The second kappa shape index (κ2) is 13.0. The number of hydrogen-bond acceptors (Lipinski definition) is 4. The van der Waals surface area contributed by atoms with Gasteiger partial charge in [0.15, 0.2) is 0 Å². The van der Waals surface area contributed by atoms with Gasteiger partial charge in [0.2, 0.25) is 0 Å². The van der Waals surface area contributed by atoms with E-state index in [9.17, 15) is 4.79 Å². The molecule has 0 radical (unpaired) electrons. The van der Waals surface area contributed by atoms with Gasteiger partial charge in [0.1, 0.15) is 6.10 Å². The van der Waals surface area contributed by atoms with Gasteiger partial charge in [-0.05, 0) is 6.92 Å². The van der Waals surface area contributed by atoms with Crippen molar-refractivity contribution in [3.63, 3.8) is 0 Å². The summed E-state index contributed by atoms with van der Waals surface area (Å²) < 4.78 is 0. The normalized spacial score (nSPS) is 9.15. The van der Waals surface area contributed by atoms with Crippen molar-refractivity contribution in [2.24, 2.45) is 0 Å². The van der Waals surface area contributed by atoms with Crippen LogP contribution < -0.4 is 0 Å². The average molecular weight is 196 g/mol. The van der Waals surface area contributed by atoms with Crippen LogP contribution in [0.1, 0.15) is 13.8 Å². The summed E-state index contributed by atoms with van der Waals surface area (Å²) in [5.41, 5.74) is 0. The molecule has 7 nitrogen and oxygen atoms in total. The van der Waals surface area contributed by atoms with Gasteiger partial charge in [-0.15, -0.1) is 0 Å². The van der Waals surface area contributed by atoms with E-state index in [2.05, 4.69) is 0 Å². The van der Waals surface area contributed by atoms with Gasteiger partial charge < -0.3 is 20.4 Å². The van der Waals surface area contributed by atoms with E-state index in [0.29, 0.717) is 0 Å². The van der Waals surface area contributed by atoms with Crippen LogP contribution in [0.25, 0.3) is 0 Å². The molecule has 0 heterocycles. The van der Waals surface area contributed by atoms with Crippen LogP contribution in [0.2, 0.25) is 0 Å². The minimum Gasteiger partial charge on any atom is -0.483 e. The zero-order valence-corrected chi connectivity index (χ0v) is 7.17. The summed E-state index contributed by atoms with van der Waals surface area (Å²) in [7, 11) is 0. The van der Waals surface area contributed by atoms with Gasteiger partial charge in [-0.25, -0.2) is 4.79 Å². The van der Waals surface area contributed by atoms with Crippen LogP contribution in [-0.2, 0) is 14.4 Å². The number of aliphatic carboxylic acids is 2. The molecule has 0 rings (SSSR count). The fourth-order valence-corrected chi connectivity index (χ4v) is 0. The molecule has 0 spiro atoms. The number of aliphatic hydroxyl groups excluding tert-OH is 1. The maximum absolute atomic E-state index is 9.45. The Labute approximate surface area is 74.2 Å². The number of carbonyl (C=O) groups is 3. The Kier molecular flexibility index (Phi) is 17.4. The van der Waals surface area contributed by atoms with E-state index in [1.165, 1.54) is 6.92 Å². The molecule has 0 bridgehead atoms. The molecule has 1 atom stereocenters. The SMILES string of the molecule is CC(=O)O.CC(O)C(=O)O.O=CO. The predicted octanol–water partition coefficient (Wildman–Crippen LogP) is -0.756. The first-order chi connectivity index (χ1) is 5.79. The molecule has 0 aromatic carbocycles. The lowest BCUT2D eigenvalue weighted by molar-refractivity contribution is -0.145. The smallest absolute Gasteiger partial charge is 0.332 e. The molecule has 1 unspecified atom stereocenters. The van der Waals surface area contributed by atoms with Crippen molar-refractivity contribution in [1.82, 2.24) is 0 Å². The highest BCUT2D eigenvalue weighted by Gasteiger charge is 2.01. The molecule has 0 aromatic rings. The van der Waals surface area contributed by atoms with Crippen LogP contribution >= 0.6 is 0 Å². The molecule has 0 aromatic heterocycles. The highest BCUT2D eigenvalue weighted by molar-refractivity contribution is 5.71. The molecule has 0 aliphatic heterocycles. The zero-order valence-electron chi connectivity index (χ0n) is 7.17. The molecular weight excluding hydrogens is 184 g/mol. The van der Waals surface area contributed by atoms with Gasteiger partial charge in [0.25, 0.3) is 12.4 Å². The Balaban J connectivity index is -0.000000125. The summed E-state index contributed by atoms with van der Waals surface area (Å²) in [6.07, 6.45) is -1.23. The summed E-state index contributed by atoms with van der Waals surface area (Å²) in [4.78, 5) is 26.8. The minimum absolute atomic E-state index is 0.250. The van der Waals surface area contributed by atoms with Crippen LogP contribution in [0.4, 0.5) is 0 Å². The molecule has 0 saturated heterocycles. The Morgan fingerprint density at radius 3 is 1.38 bits per heavy atom. The highest BCUT2D eigenvalue weighted by atomic mass is 16.4. The Hall–Kier alpha value is -1.63. The zero-order chi connectivity index (χ0) is 11.4. The number of aliphatic hydroxyl groups is 1. The van der Waals surface area contributed by atoms with Crippen molar-refractivity contribution in [1.29, 1.82) is 0 Å². The molecule has 0 fully saturated rings. The molecule has 0 aliphatic carbocycles. The fourth-order valence-electron chi connectivity index (χ4n) is 0. The standard InChI is InChI=1S/C3H6O3.C2H4O2.CH2O2/c1-2(4)3(5)6;1-2(3)4;2-1-3/h2,4H,1H3,(H,5,6);1H3,(H,3,4);1H,(H,2,3). The lowest BCUT2D eigenvalue weighted by atomic mass is 10.4. The van der Waals surface area contributed by atoms with Crippen molar-refractivity contribution in [3.05, 3.63) is 0 Å². The molecule has 0 amide bonds. The van der Waals surface area contributed by atoms with Crippen molar-refractivity contribution >= 4 is 18.4 Å². The summed E-state index contributed by atoms with van der Waals surface area (Å²) in [6, 6.07) is 0. The number of rotatable bonds is 1. The molecule has 4 N–H and O–H groups in total. The van der Waals surface area contributed by atoms with E-state index in [1.54, 1.807) is 0 Å². The van der Waals surface area contributed by atoms with E-state index in [-0.39, 0.29) is 6.47 Å². The first kappa shape index (κ1) is 17.5. The van der Waals surface area contributed by atoms with E-state index in [4.69, 9.17) is 30.0 Å². The lowest BCUT2D eigenvalue weighted by Gasteiger charge is -1.89. The van der Waals surface area contributed by atoms with Gasteiger partial charge in [0.05, 0.1) is 0 Å². The van der Waals surface area contributed by atoms with Crippen LogP contribution in [-0.4, -0.2) is 44.9 Å². The Bertz CT molecular complexity index is 147. The maximum atomic E-state index is 9.45. The molecule has 0 aliphatic rings. The minimum atomic E-state index is -1.23.